The monoisotopic (exact) mass is 318 g/mol. The van der Waals surface area contributed by atoms with Crippen molar-refractivity contribution in [2.75, 3.05) is 6.61 Å². The van der Waals surface area contributed by atoms with Gasteiger partial charge in [-0.2, -0.15) is 5.10 Å². The van der Waals surface area contributed by atoms with E-state index in [2.05, 4.69) is 10.5 Å². The Morgan fingerprint density at radius 3 is 2.73 bits per heavy atom. The normalized spacial score (nSPS) is 10.6. The van der Waals surface area contributed by atoms with Crippen molar-refractivity contribution in [3.05, 3.63) is 58.6 Å². The zero-order chi connectivity index (χ0) is 15.9. The summed E-state index contributed by atoms with van der Waals surface area (Å²) < 4.78 is 5.39. The molecule has 2 aromatic rings. The average molecular weight is 319 g/mol. The highest BCUT2D eigenvalue weighted by Gasteiger charge is 2.04. The van der Waals surface area contributed by atoms with Crippen LogP contribution in [0.3, 0.4) is 0 Å². The maximum Gasteiger partial charge on any atom is 0.277 e. The minimum Gasteiger partial charge on any atom is -0.508 e. The fraction of sp³-hybridized carbons (Fsp3) is 0.125. The van der Waals surface area contributed by atoms with E-state index in [0.717, 1.165) is 11.1 Å². The molecule has 0 aliphatic rings. The van der Waals surface area contributed by atoms with Gasteiger partial charge in [-0.15, -0.1) is 0 Å². The predicted octanol–water partition coefficient (Wildman–Crippen LogP) is 2.88. The molecule has 0 saturated carbocycles. The summed E-state index contributed by atoms with van der Waals surface area (Å²) in [6.45, 7) is 1.71. The Kier molecular flexibility index (Phi) is 5.38. The predicted molar refractivity (Wildman–Crippen MR) is 85.5 cm³/mol. The summed E-state index contributed by atoms with van der Waals surface area (Å²) in [6, 6.07) is 11.6. The summed E-state index contributed by atoms with van der Waals surface area (Å²) in [5.41, 5.74) is 3.98. The summed E-state index contributed by atoms with van der Waals surface area (Å²) in [7, 11) is 0. The number of carbonyl (C=O) groups is 1. The Bertz CT molecular complexity index is 684. The number of benzene rings is 2. The largest absolute Gasteiger partial charge is 0.508 e. The number of hydrogen-bond acceptors (Lipinski definition) is 4. The Hall–Kier alpha value is -2.53. The summed E-state index contributed by atoms with van der Waals surface area (Å²) in [4.78, 5) is 11.6. The van der Waals surface area contributed by atoms with Gasteiger partial charge < -0.3 is 9.84 Å². The van der Waals surface area contributed by atoms with Gasteiger partial charge in [0.25, 0.3) is 5.91 Å². The van der Waals surface area contributed by atoms with Crippen molar-refractivity contribution in [2.45, 2.75) is 6.92 Å². The molecule has 0 unspecified atom stereocenters. The van der Waals surface area contributed by atoms with E-state index in [0.29, 0.717) is 10.8 Å². The standard InChI is InChI=1S/C16H15ClN2O3/c1-11-8-13(17)4-7-15(11)22-10-16(21)19-18-9-12-2-5-14(20)6-3-12/h2-9,20H,10H2,1H3,(H,19,21)/b18-9+. The van der Waals surface area contributed by atoms with Crippen LogP contribution in [0.25, 0.3) is 0 Å². The van der Waals surface area contributed by atoms with Gasteiger partial charge in [-0.25, -0.2) is 5.43 Å². The molecule has 0 spiro atoms. The van der Waals surface area contributed by atoms with Gasteiger partial charge in [0, 0.05) is 5.02 Å². The van der Waals surface area contributed by atoms with E-state index in [1.165, 1.54) is 18.3 Å². The second kappa shape index (κ2) is 7.47. The first kappa shape index (κ1) is 15.9. The third kappa shape index (κ3) is 4.79. The maximum atomic E-state index is 11.6. The van der Waals surface area contributed by atoms with Crippen molar-refractivity contribution in [1.82, 2.24) is 5.43 Å². The minimum absolute atomic E-state index is 0.143. The SMILES string of the molecule is Cc1cc(Cl)ccc1OCC(=O)N/N=C/c1ccc(O)cc1. The first-order valence-corrected chi connectivity index (χ1v) is 6.92. The molecule has 0 aromatic heterocycles. The molecule has 0 saturated heterocycles. The van der Waals surface area contributed by atoms with E-state index in [1.54, 1.807) is 30.3 Å². The van der Waals surface area contributed by atoms with Crippen molar-refractivity contribution >= 4 is 23.7 Å². The molecule has 0 aliphatic carbocycles. The van der Waals surface area contributed by atoms with Gasteiger partial charge in [-0.3, -0.25) is 4.79 Å². The summed E-state index contributed by atoms with van der Waals surface area (Å²) in [6.07, 6.45) is 1.48. The van der Waals surface area contributed by atoms with Crippen LogP contribution in [0.2, 0.25) is 5.02 Å². The number of halogens is 1. The molecule has 0 bridgehead atoms. The van der Waals surface area contributed by atoms with Crippen molar-refractivity contribution in [3.63, 3.8) is 0 Å². The lowest BCUT2D eigenvalue weighted by Gasteiger charge is -2.08. The van der Waals surface area contributed by atoms with Crippen LogP contribution in [0.4, 0.5) is 0 Å². The van der Waals surface area contributed by atoms with Crippen LogP contribution in [0.15, 0.2) is 47.6 Å². The van der Waals surface area contributed by atoms with Crippen LogP contribution in [-0.4, -0.2) is 23.8 Å². The molecule has 2 rings (SSSR count). The fourth-order valence-electron chi connectivity index (χ4n) is 1.69. The zero-order valence-electron chi connectivity index (χ0n) is 11.9. The highest BCUT2D eigenvalue weighted by Crippen LogP contribution is 2.21. The van der Waals surface area contributed by atoms with E-state index in [4.69, 9.17) is 21.4 Å². The Morgan fingerprint density at radius 1 is 1.32 bits per heavy atom. The van der Waals surface area contributed by atoms with Gasteiger partial charge in [0.15, 0.2) is 6.61 Å². The number of hydrazone groups is 1. The van der Waals surface area contributed by atoms with Gasteiger partial charge in [0.2, 0.25) is 0 Å². The number of nitrogens with one attached hydrogen (secondary N) is 1. The highest BCUT2D eigenvalue weighted by molar-refractivity contribution is 6.30. The fourth-order valence-corrected chi connectivity index (χ4v) is 1.92. The topological polar surface area (TPSA) is 70.9 Å². The lowest BCUT2D eigenvalue weighted by Crippen LogP contribution is -2.24. The molecule has 6 heteroatoms. The van der Waals surface area contributed by atoms with E-state index >= 15 is 0 Å². The molecule has 0 atom stereocenters. The third-order valence-electron chi connectivity index (χ3n) is 2.79. The number of phenols is 1. The van der Waals surface area contributed by atoms with Crippen LogP contribution in [0.5, 0.6) is 11.5 Å². The van der Waals surface area contributed by atoms with Crippen molar-refractivity contribution in [3.8, 4) is 11.5 Å². The molecular weight excluding hydrogens is 304 g/mol. The molecule has 114 valence electrons. The van der Waals surface area contributed by atoms with Crippen LogP contribution in [-0.2, 0) is 4.79 Å². The molecule has 0 radical (unpaired) electrons. The smallest absolute Gasteiger partial charge is 0.277 e. The van der Waals surface area contributed by atoms with Crippen LogP contribution < -0.4 is 10.2 Å². The average Bonchev–Trinajstić information content (AvgIpc) is 2.48. The first-order valence-electron chi connectivity index (χ1n) is 6.54. The molecule has 0 fully saturated rings. The molecule has 22 heavy (non-hydrogen) atoms. The van der Waals surface area contributed by atoms with E-state index in [9.17, 15) is 4.79 Å². The lowest BCUT2D eigenvalue weighted by atomic mass is 10.2. The number of nitrogens with zero attached hydrogens (tertiary/aromatic N) is 1. The number of aryl methyl sites for hydroxylation is 1. The number of amides is 1. The van der Waals surface area contributed by atoms with Crippen molar-refractivity contribution < 1.29 is 14.6 Å². The van der Waals surface area contributed by atoms with Crippen LogP contribution in [0.1, 0.15) is 11.1 Å². The molecular formula is C16H15ClN2O3. The number of aromatic hydroxyl groups is 1. The minimum atomic E-state index is -0.371. The van der Waals surface area contributed by atoms with Gasteiger partial charge in [0.1, 0.15) is 11.5 Å². The quantitative estimate of drug-likeness (QED) is 0.658. The molecule has 5 nitrogen and oxygen atoms in total. The third-order valence-corrected chi connectivity index (χ3v) is 3.03. The molecule has 2 aromatic carbocycles. The van der Waals surface area contributed by atoms with Gasteiger partial charge in [-0.1, -0.05) is 11.6 Å². The van der Waals surface area contributed by atoms with E-state index in [1.807, 2.05) is 6.92 Å². The van der Waals surface area contributed by atoms with Crippen molar-refractivity contribution in [1.29, 1.82) is 0 Å². The van der Waals surface area contributed by atoms with Crippen molar-refractivity contribution in [2.24, 2.45) is 5.10 Å². The number of rotatable bonds is 5. The number of ether oxygens (including phenoxy) is 1. The van der Waals surface area contributed by atoms with Gasteiger partial charge in [-0.05, 0) is 60.5 Å². The maximum absolute atomic E-state index is 11.6. The number of phenolic OH excluding ortho intramolecular Hbond substituents is 1. The van der Waals surface area contributed by atoms with E-state index in [-0.39, 0.29) is 18.3 Å². The Labute approximate surface area is 133 Å². The highest BCUT2D eigenvalue weighted by atomic mass is 35.5. The number of carbonyl (C=O) groups excluding carboxylic acids is 1. The summed E-state index contributed by atoms with van der Waals surface area (Å²) in [5.74, 6) is 0.402. The van der Waals surface area contributed by atoms with Gasteiger partial charge in [0.05, 0.1) is 6.21 Å². The van der Waals surface area contributed by atoms with Gasteiger partial charge >= 0.3 is 0 Å². The molecule has 0 aliphatic heterocycles. The first-order chi connectivity index (χ1) is 10.5. The zero-order valence-corrected chi connectivity index (χ0v) is 12.7. The second-order valence-corrected chi connectivity index (χ2v) is 5.02. The summed E-state index contributed by atoms with van der Waals surface area (Å²) in [5, 5.41) is 13.6. The summed E-state index contributed by atoms with van der Waals surface area (Å²) >= 11 is 5.85. The van der Waals surface area contributed by atoms with E-state index < -0.39 is 0 Å². The van der Waals surface area contributed by atoms with Crippen LogP contribution in [0, 0.1) is 6.92 Å². The molecule has 2 N–H and O–H groups in total. The second-order valence-electron chi connectivity index (χ2n) is 4.58. The molecule has 0 heterocycles. The number of hydrogen-bond donors (Lipinski definition) is 2. The molecule has 1 amide bonds. The Balaban J connectivity index is 1.81. The lowest BCUT2D eigenvalue weighted by molar-refractivity contribution is -0.123. The Morgan fingerprint density at radius 2 is 2.05 bits per heavy atom. The van der Waals surface area contributed by atoms with Crippen LogP contribution >= 0.6 is 11.6 Å².